The summed E-state index contributed by atoms with van der Waals surface area (Å²) in [6.45, 7) is 1.91. The highest BCUT2D eigenvalue weighted by Gasteiger charge is 2.18. The molecule has 0 radical (unpaired) electrons. The number of tetrazole rings is 1. The number of pyridine rings is 1. The maximum atomic E-state index is 6.13. The lowest BCUT2D eigenvalue weighted by Gasteiger charge is -2.14. The van der Waals surface area contributed by atoms with Crippen LogP contribution in [0.1, 0.15) is 12.2 Å². The third-order valence-corrected chi connectivity index (χ3v) is 4.64. The fourth-order valence-corrected chi connectivity index (χ4v) is 3.21. The van der Waals surface area contributed by atoms with Gasteiger partial charge >= 0.3 is 0 Å². The number of fused-ring (bicyclic) bond motifs is 1. The summed E-state index contributed by atoms with van der Waals surface area (Å²) in [5.41, 5.74) is 2.41. The van der Waals surface area contributed by atoms with Crippen LogP contribution in [-0.4, -0.2) is 74.6 Å². The van der Waals surface area contributed by atoms with Crippen molar-refractivity contribution in [3.8, 4) is 22.8 Å². The van der Waals surface area contributed by atoms with E-state index >= 15 is 0 Å². The van der Waals surface area contributed by atoms with Gasteiger partial charge in [0.1, 0.15) is 23.7 Å². The molecule has 0 aliphatic carbocycles. The highest BCUT2D eigenvalue weighted by molar-refractivity contribution is 5.93. The number of aromatic nitrogens is 7. The molecule has 0 fully saturated rings. The van der Waals surface area contributed by atoms with Gasteiger partial charge in [0, 0.05) is 29.8 Å². The third kappa shape index (κ3) is 4.23. The summed E-state index contributed by atoms with van der Waals surface area (Å²) >= 11 is 0. The summed E-state index contributed by atoms with van der Waals surface area (Å²) in [7, 11) is 5.74. The van der Waals surface area contributed by atoms with Gasteiger partial charge in [-0.3, -0.25) is 0 Å². The van der Waals surface area contributed by atoms with Crippen LogP contribution in [0.2, 0.25) is 0 Å². The van der Waals surface area contributed by atoms with E-state index in [9.17, 15) is 0 Å². The molecule has 0 unspecified atom stereocenters. The molecule has 10 nitrogen and oxygen atoms in total. The average molecular weight is 408 g/mol. The Morgan fingerprint density at radius 1 is 1.20 bits per heavy atom. The lowest BCUT2D eigenvalue weighted by atomic mass is 10.1. The topological polar surface area (TPSA) is 107 Å². The van der Waals surface area contributed by atoms with E-state index in [4.69, 9.17) is 14.6 Å². The SMILES string of the molecule is COc1ccc(-c2nn(Cc3nn[nH]n3)c3ncccc23)c(OCCCN(C)C)c1. The maximum Gasteiger partial charge on any atom is 0.196 e. The van der Waals surface area contributed by atoms with E-state index in [1.165, 1.54) is 0 Å². The minimum absolute atomic E-state index is 0.360. The van der Waals surface area contributed by atoms with Crippen LogP contribution in [0.3, 0.4) is 0 Å². The number of hydrogen-bond acceptors (Lipinski definition) is 8. The Balaban J connectivity index is 1.72. The fourth-order valence-electron chi connectivity index (χ4n) is 3.21. The van der Waals surface area contributed by atoms with Gasteiger partial charge in [0.25, 0.3) is 0 Å². The number of benzene rings is 1. The van der Waals surface area contributed by atoms with Gasteiger partial charge in [-0.25, -0.2) is 9.67 Å². The normalized spacial score (nSPS) is 11.3. The van der Waals surface area contributed by atoms with Gasteiger partial charge in [-0.15, -0.1) is 10.2 Å². The summed E-state index contributed by atoms with van der Waals surface area (Å²) in [6.07, 6.45) is 2.66. The van der Waals surface area contributed by atoms with Crippen molar-refractivity contribution in [3.63, 3.8) is 0 Å². The molecule has 0 bridgehead atoms. The molecule has 4 rings (SSSR count). The molecular formula is C20H24N8O2. The minimum Gasteiger partial charge on any atom is -0.497 e. The Labute approximate surface area is 173 Å². The van der Waals surface area contributed by atoms with Crippen molar-refractivity contribution in [2.45, 2.75) is 13.0 Å². The molecule has 0 spiro atoms. The van der Waals surface area contributed by atoms with Crippen LogP contribution < -0.4 is 9.47 Å². The maximum absolute atomic E-state index is 6.13. The largest absolute Gasteiger partial charge is 0.497 e. The molecule has 0 amide bonds. The van der Waals surface area contributed by atoms with E-state index in [1.54, 1.807) is 18.0 Å². The zero-order valence-electron chi connectivity index (χ0n) is 17.2. The lowest BCUT2D eigenvalue weighted by molar-refractivity contribution is 0.281. The van der Waals surface area contributed by atoms with Crippen molar-refractivity contribution in [2.75, 3.05) is 34.4 Å². The Hall–Kier alpha value is -3.53. The Morgan fingerprint density at radius 2 is 2.10 bits per heavy atom. The molecule has 3 heterocycles. The average Bonchev–Trinajstić information content (AvgIpc) is 3.40. The molecular weight excluding hydrogens is 384 g/mol. The molecule has 30 heavy (non-hydrogen) atoms. The van der Waals surface area contributed by atoms with Crippen LogP contribution in [0.4, 0.5) is 0 Å². The van der Waals surface area contributed by atoms with Crippen molar-refractivity contribution in [2.24, 2.45) is 0 Å². The Morgan fingerprint density at radius 3 is 2.87 bits per heavy atom. The van der Waals surface area contributed by atoms with Crippen molar-refractivity contribution in [3.05, 3.63) is 42.4 Å². The van der Waals surface area contributed by atoms with Gasteiger partial charge < -0.3 is 14.4 Å². The molecule has 0 saturated heterocycles. The second-order valence-corrected chi connectivity index (χ2v) is 7.08. The third-order valence-electron chi connectivity index (χ3n) is 4.64. The van der Waals surface area contributed by atoms with Gasteiger partial charge in [-0.05, 0) is 44.8 Å². The van der Waals surface area contributed by atoms with E-state index in [-0.39, 0.29) is 0 Å². The van der Waals surface area contributed by atoms with Crippen LogP contribution >= 0.6 is 0 Å². The van der Waals surface area contributed by atoms with E-state index in [2.05, 4.69) is 30.5 Å². The van der Waals surface area contributed by atoms with Crippen LogP contribution in [0.25, 0.3) is 22.3 Å². The summed E-state index contributed by atoms with van der Waals surface area (Å²) in [5, 5.41) is 19.9. The van der Waals surface area contributed by atoms with E-state index in [1.807, 2.05) is 44.4 Å². The van der Waals surface area contributed by atoms with Gasteiger partial charge in [0.15, 0.2) is 11.5 Å². The first-order chi connectivity index (χ1) is 14.7. The van der Waals surface area contributed by atoms with Crippen molar-refractivity contribution >= 4 is 11.0 Å². The summed E-state index contributed by atoms with van der Waals surface area (Å²) in [4.78, 5) is 6.64. The molecule has 0 saturated carbocycles. The van der Waals surface area contributed by atoms with E-state index < -0.39 is 0 Å². The number of nitrogens with one attached hydrogen (secondary N) is 1. The smallest absolute Gasteiger partial charge is 0.196 e. The van der Waals surface area contributed by atoms with Gasteiger partial charge in [0.2, 0.25) is 0 Å². The highest BCUT2D eigenvalue weighted by atomic mass is 16.5. The highest BCUT2D eigenvalue weighted by Crippen LogP contribution is 2.36. The van der Waals surface area contributed by atoms with Crippen LogP contribution in [0.5, 0.6) is 11.5 Å². The molecule has 0 atom stereocenters. The molecule has 3 aromatic heterocycles. The van der Waals surface area contributed by atoms with Gasteiger partial charge in [-0.1, -0.05) is 5.21 Å². The first-order valence-electron chi connectivity index (χ1n) is 9.65. The lowest BCUT2D eigenvalue weighted by Crippen LogP contribution is -2.15. The predicted molar refractivity (Wildman–Crippen MR) is 111 cm³/mol. The summed E-state index contributed by atoms with van der Waals surface area (Å²) in [5.74, 6) is 1.99. The number of ether oxygens (including phenoxy) is 2. The van der Waals surface area contributed by atoms with Crippen molar-refractivity contribution in [1.29, 1.82) is 0 Å². The van der Waals surface area contributed by atoms with Crippen molar-refractivity contribution in [1.82, 2.24) is 40.3 Å². The molecule has 10 heteroatoms. The molecule has 0 aliphatic heterocycles. The number of aromatic amines is 1. The summed E-state index contributed by atoms with van der Waals surface area (Å²) in [6, 6.07) is 9.66. The minimum atomic E-state index is 0.360. The number of rotatable bonds is 9. The zero-order valence-corrected chi connectivity index (χ0v) is 17.2. The van der Waals surface area contributed by atoms with Crippen molar-refractivity contribution < 1.29 is 9.47 Å². The molecule has 4 aromatic rings. The molecule has 0 aliphatic rings. The second kappa shape index (κ2) is 8.87. The van der Waals surface area contributed by atoms with E-state index in [0.717, 1.165) is 46.8 Å². The van der Waals surface area contributed by atoms with E-state index in [0.29, 0.717) is 19.0 Å². The van der Waals surface area contributed by atoms with Crippen LogP contribution in [-0.2, 0) is 6.54 Å². The quantitative estimate of drug-likeness (QED) is 0.419. The van der Waals surface area contributed by atoms with Crippen LogP contribution in [0, 0.1) is 0 Å². The molecule has 1 N–H and O–H groups in total. The standard InChI is InChI=1S/C20H24N8O2/c1-27(2)10-5-11-30-17-12-14(29-3)7-8-15(17)19-16-6-4-9-21-20(16)28(24-19)13-18-22-25-26-23-18/h4,6-9,12H,5,10-11,13H2,1-3H3,(H,22,23,25,26). The number of methoxy groups -OCH3 is 1. The Kier molecular flexibility index (Phi) is 5.84. The predicted octanol–water partition coefficient (Wildman–Crippen LogP) is 2.00. The van der Waals surface area contributed by atoms with Crippen LogP contribution in [0.15, 0.2) is 36.5 Å². The number of nitrogens with zero attached hydrogens (tertiary/aromatic N) is 7. The number of hydrogen-bond donors (Lipinski definition) is 1. The van der Waals surface area contributed by atoms with Gasteiger partial charge in [0.05, 0.1) is 13.7 Å². The first-order valence-corrected chi connectivity index (χ1v) is 9.65. The van der Waals surface area contributed by atoms with Gasteiger partial charge in [-0.2, -0.15) is 10.3 Å². The number of H-pyrrole nitrogens is 1. The fraction of sp³-hybridized carbons (Fsp3) is 0.350. The zero-order chi connectivity index (χ0) is 20.9. The second-order valence-electron chi connectivity index (χ2n) is 7.08. The Bertz CT molecular complexity index is 1110. The monoisotopic (exact) mass is 408 g/mol. The molecule has 156 valence electrons. The molecule has 1 aromatic carbocycles. The summed E-state index contributed by atoms with van der Waals surface area (Å²) < 4.78 is 13.3. The first kappa shape index (κ1) is 19.8.